The van der Waals surface area contributed by atoms with Gasteiger partial charge >= 0.3 is 0 Å². The van der Waals surface area contributed by atoms with Crippen LogP contribution in [-0.4, -0.2) is 35.2 Å². The average molecular weight is 225 g/mol. The van der Waals surface area contributed by atoms with Gasteiger partial charge in [0, 0.05) is 5.38 Å². The Balaban J connectivity index is 2.46. The number of aliphatic hydroxyl groups excluding tert-OH is 1. The van der Waals surface area contributed by atoms with Crippen LogP contribution in [0.1, 0.15) is 12.8 Å². The van der Waals surface area contributed by atoms with Gasteiger partial charge in [-0.3, -0.25) is 0 Å². The van der Waals surface area contributed by atoms with Crippen LogP contribution < -0.4 is 0 Å². The van der Waals surface area contributed by atoms with Gasteiger partial charge in [-0.1, -0.05) is 6.58 Å². The van der Waals surface area contributed by atoms with Gasteiger partial charge in [0.15, 0.2) is 0 Å². The Bertz CT molecular complexity index is 184. The van der Waals surface area contributed by atoms with Crippen molar-refractivity contribution in [2.75, 3.05) is 13.2 Å². The normalized spacial score (nSPS) is 35.0. The van der Waals surface area contributed by atoms with Gasteiger partial charge in [-0.2, -0.15) is 0 Å². The first kappa shape index (κ1) is 11.3. The van der Waals surface area contributed by atoms with Crippen molar-refractivity contribution in [3.8, 4) is 0 Å². The van der Waals surface area contributed by atoms with Crippen LogP contribution in [0.2, 0.25) is 0 Å². The summed E-state index contributed by atoms with van der Waals surface area (Å²) in [4.78, 5) is 0. The molecule has 1 aliphatic carbocycles. The highest BCUT2D eigenvalue weighted by Gasteiger charge is 2.31. The molecule has 0 aromatic carbocycles. The molecule has 1 N–H and O–H groups in total. The first-order chi connectivity index (χ1) is 6.15. The number of rotatable bonds is 3. The van der Waals surface area contributed by atoms with Crippen LogP contribution in [0.4, 0.5) is 0 Å². The quantitative estimate of drug-likeness (QED) is 0.587. The van der Waals surface area contributed by atoms with E-state index in [0.29, 0.717) is 6.61 Å². The molecule has 0 aromatic heterocycles. The number of ether oxygens (including phenoxy) is 1. The highest BCUT2D eigenvalue weighted by Crippen LogP contribution is 2.32. The molecule has 3 unspecified atom stereocenters. The summed E-state index contributed by atoms with van der Waals surface area (Å²) < 4.78 is 5.36. The first-order valence-corrected chi connectivity index (χ1v) is 5.20. The zero-order chi connectivity index (χ0) is 9.84. The summed E-state index contributed by atoms with van der Waals surface area (Å²) >= 11 is 12.0. The summed E-state index contributed by atoms with van der Waals surface area (Å²) in [5.41, 5.74) is 0.930. The fourth-order valence-electron chi connectivity index (χ4n) is 1.51. The molecular weight excluding hydrogens is 211 g/mol. The summed E-state index contributed by atoms with van der Waals surface area (Å²) in [5, 5.41) is 8.56. The zero-order valence-corrected chi connectivity index (χ0v) is 8.89. The van der Waals surface area contributed by atoms with Crippen molar-refractivity contribution in [2.24, 2.45) is 0 Å². The second kappa shape index (κ2) is 5.20. The average Bonchev–Trinajstić information content (AvgIpc) is 2.02. The van der Waals surface area contributed by atoms with Gasteiger partial charge in [-0.25, -0.2) is 0 Å². The molecular formula is C9H14Cl2O2. The van der Waals surface area contributed by atoms with Gasteiger partial charge in [-0.15, -0.1) is 23.2 Å². The van der Waals surface area contributed by atoms with E-state index >= 15 is 0 Å². The minimum atomic E-state index is -0.149. The molecule has 0 aliphatic heterocycles. The molecule has 1 rings (SSSR count). The molecule has 0 spiro atoms. The predicted octanol–water partition coefficient (Wildman–Crippen LogP) is 1.93. The van der Waals surface area contributed by atoms with Gasteiger partial charge < -0.3 is 9.84 Å². The second-order valence-electron chi connectivity index (χ2n) is 3.23. The van der Waals surface area contributed by atoms with E-state index < -0.39 is 0 Å². The predicted molar refractivity (Wildman–Crippen MR) is 54.5 cm³/mol. The van der Waals surface area contributed by atoms with Crippen molar-refractivity contribution < 1.29 is 9.84 Å². The van der Waals surface area contributed by atoms with Crippen molar-refractivity contribution >= 4 is 23.2 Å². The fraction of sp³-hybridized carbons (Fsp3) is 0.778. The number of hydrogen-bond donors (Lipinski definition) is 1. The summed E-state index contributed by atoms with van der Waals surface area (Å²) in [5.74, 6) is 0. The topological polar surface area (TPSA) is 29.5 Å². The van der Waals surface area contributed by atoms with E-state index in [1.807, 2.05) is 0 Å². The van der Waals surface area contributed by atoms with Gasteiger partial charge in [0.1, 0.15) is 0 Å². The summed E-state index contributed by atoms with van der Waals surface area (Å²) in [6.07, 6.45) is 1.34. The van der Waals surface area contributed by atoms with Gasteiger partial charge in [0.2, 0.25) is 0 Å². The van der Waals surface area contributed by atoms with Crippen molar-refractivity contribution in [3.63, 3.8) is 0 Å². The van der Waals surface area contributed by atoms with Gasteiger partial charge in [0.25, 0.3) is 0 Å². The molecule has 1 saturated carbocycles. The third-order valence-electron chi connectivity index (χ3n) is 2.08. The standard InChI is InChI=1S/C9H14Cl2O2/c1-6-4-7(10)5-8(11)9(6)13-3-2-12/h7-9,12H,1-5H2. The lowest BCUT2D eigenvalue weighted by molar-refractivity contribution is 0.0385. The molecule has 0 heterocycles. The van der Waals surface area contributed by atoms with Crippen LogP contribution in [0.5, 0.6) is 0 Å². The van der Waals surface area contributed by atoms with Crippen molar-refractivity contribution in [2.45, 2.75) is 29.7 Å². The number of halogens is 2. The molecule has 0 bridgehead atoms. The maximum Gasteiger partial charge on any atom is 0.0948 e. The summed E-state index contributed by atoms with van der Waals surface area (Å²) in [7, 11) is 0. The number of alkyl halides is 2. The molecule has 0 aromatic rings. The molecule has 4 heteroatoms. The summed E-state index contributed by atoms with van der Waals surface area (Å²) in [6, 6.07) is 0. The highest BCUT2D eigenvalue weighted by molar-refractivity contribution is 6.24. The van der Waals surface area contributed by atoms with E-state index in [9.17, 15) is 0 Å². The van der Waals surface area contributed by atoms with E-state index in [1.165, 1.54) is 0 Å². The Kier molecular flexibility index (Phi) is 4.53. The first-order valence-electron chi connectivity index (χ1n) is 4.33. The van der Waals surface area contributed by atoms with Crippen LogP contribution >= 0.6 is 23.2 Å². The minimum Gasteiger partial charge on any atom is -0.394 e. The Labute approximate surface area is 88.5 Å². The van der Waals surface area contributed by atoms with E-state index in [0.717, 1.165) is 18.4 Å². The van der Waals surface area contributed by atoms with E-state index in [1.54, 1.807) is 0 Å². The molecule has 76 valence electrons. The Hall–Kier alpha value is 0.240. The largest absolute Gasteiger partial charge is 0.394 e. The maximum absolute atomic E-state index is 8.60. The molecule has 1 aliphatic rings. The van der Waals surface area contributed by atoms with Crippen LogP contribution in [0.15, 0.2) is 12.2 Å². The zero-order valence-electron chi connectivity index (χ0n) is 7.38. The van der Waals surface area contributed by atoms with Crippen LogP contribution in [-0.2, 0) is 4.74 Å². The van der Waals surface area contributed by atoms with E-state index in [4.69, 9.17) is 33.0 Å². The fourth-order valence-corrected chi connectivity index (χ4v) is 2.46. The minimum absolute atomic E-state index is 0.0116. The van der Waals surface area contributed by atoms with Crippen LogP contribution in [0, 0.1) is 0 Å². The van der Waals surface area contributed by atoms with Crippen LogP contribution in [0.3, 0.4) is 0 Å². The van der Waals surface area contributed by atoms with Crippen molar-refractivity contribution in [1.82, 2.24) is 0 Å². The SMILES string of the molecule is C=C1CC(Cl)CC(Cl)C1OCCO. The highest BCUT2D eigenvalue weighted by atomic mass is 35.5. The molecule has 3 atom stereocenters. The number of aliphatic hydroxyl groups is 1. The maximum atomic E-state index is 8.60. The summed E-state index contributed by atoms with van der Waals surface area (Å²) in [6.45, 7) is 4.19. The third kappa shape index (κ3) is 3.13. The van der Waals surface area contributed by atoms with Crippen molar-refractivity contribution in [3.05, 3.63) is 12.2 Å². The molecule has 0 saturated heterocycles. The number of hydrogen-bond acceptors (Lipinski definition) is 2. The Morgan fingerprint density at radius 2 is 2.23 bits per heavy atom. The smallest absolute Gasteiger partial charge is 0.0948 e. The van der Waals surface area contributed by atoms with Crippen LogP contribution in [0.25, 0.3) is 0 Å². The second-order valence-corrected chi connectivity index (χ2v) is 4.40. The lowest BCUT2D eigenvalue weighted by Gasteiger charge is -2.31. The van der Waals surface area contributed by atoms with E-state index in [2.05, 4.69) is 6.58 Å². The van der Waals surface area contributed by atoms with Gasteiger partial charge in [-0.05, 0) is 18.4 Å². The Morgan fingerprint density at radius 3 is 2.77 bits per heavy atom. The van der Waals surface area contributed by atoms with Crippen molar-refractivity contribution in [1.29, 1.82) is 0 Å². The van der Waals surface area contributed by atoms with E-state index in [-0.39, 0.29) is 23.5 Å². The molecule has 1 fully saturated rings. The molecule has 0 amide bonds. The third-order valence-corrected chi connectivity index (χ3v) is 2.82. The molecule has 13 heavy (non-hydrogen) atoms. The molecule has 2 nitrogen and oxygen atoms in total. The van der Waals surface area contributed by atoms with Gasteiger partial charge in [0.05, 0.1) is 24.7 Å². The lowest BCUT2D eigenvalue weighted by atomic mass is 9.92. The lowest BCUT2D eigenvalue weighted by Crippen LogP contribution is -2.35. The monoisotopic (exact) mass is 224 g/mol. The Morgan fingerprint density at radius 1 is 1.54 bits per heavy atom. The molecule has 0 radical (unpaired) electrons.